The Morgan fingerprint density at radius 3 is 2.56 bits per heavy atom. The van der Waals surface area contributed by atoms with Gasteiger partial charge in [-0.3, -0.25) is 4.90 Å². The van der Waals surface area contributed by atoms with Crippen LogP contribution in [0.2, 0.25) is 0 Å². The van der Waals surface area contributed by atoms with Gasteiger partial charge in [0, 0.05) is 35.4 Å². The minimum Gasteiger partial charge on any atom is -0.400 e. The average molecular weight is 224 g/mol. The second-order valence-electron chi connectivity index (χ2n) is 5.72. The van der Waals surface area contributed by atoms with E-state index in [1.54, 1.807) is 5.01 Å². The molecule has 0 spiro atoms. The number of hydrogen-bond acceptors (Lipinski definition) is 4. The van der Waals surface area contributed by atoms with Crippen LogP contribution in [0.4, 0.5) is 0 Å². The average Bonchev–Trinajstić information content (AvgIpc) is 2.86. The second-order valence-corrected chi connectivity index (χ2v) is 5.72. The van der Waals surface area contributed by atoms with Crippen LogP contribution in [0.3, 0.4) is 0 Å². The molecule has 2 fully saturated rings. The van der Waals surface area contributed by atoms with Gasteiger partial charge in [-0.1, -0.05) is 0 Å². The zero-order chi connectivity index (χ0) is 12.1. The first-order valence-corrected chi connectivity index (χ1v) is 6.11. The molecule has 92 valence electrons. The van der Waals surface area contributed by atoms with Crippen LogP contribution in [-0.4, -0.2) is 35.1 Å². The molecule has 1 heterocycles. The number of fused-ring (bicyclic) bond motifs is 1. The molecule has 3 atom stereocenters. The lowest BCUT2D eigenvalue weighted by molar-refractivity contribution is 0.286. The van der Waals surface area contributed by atoms with E-state index >= 15 is 0 Å². The zero-order valence-corrected chi connectivity index (χ0v) is 10.8. The van der Waals surface area contributed by atoms with Crippen molar-refractivity contribution in [2.24, 2.45) is 17.0 Å². The van der Waals surface area contributed by atoms with Crippen LogP contribution in [0, 0.1) is 5.41 Å². The Balaban J connectivity index is 2.10. The van der Waals surface area contributed by atoms with Crippen LogP contribution in [0.15, 0.2) is 11.9 Å². The molecule has 0 amide bonds. The van der Waals surface area contributed by atoms with Crippen molar-refractivity contribution in [2.45, 2.75) is 51.7 Å². The highest BCUT2D eigenvalue weighted by molar-refractivity contribution is 5.30. The Labute approximate surface area is 98.2 Å². The van der Waals surface area contributed by atoms with E-state index < -0.39 is 0 Å². The Hall–Kier alpha value is -0.740. The molecule has 0 aromatic carbocycles. The summed E-state index contributed by atoms with van der Waals surface area (Å²) in [4.78, 5) is 2.44. The van der Waals surface area contributed by atoms with Crippen molar-refractivity contribution in [3.63, 3.8) is 0 Å². The fraction of sp³-hybridized carbons (Fsp3) is 0.833. The molecule has 16 heavy (non-hydrogen) atoms. The first kappa shape index (κ1) is 11.7. The van der Waals surface area contributed by atoms with Crippen molar-refractivity contribution in [2.75, 3.05) is 7.05 Å². The predicted octanol–water partition coefficient (Wildman–Crippen LogP) is 0.853. The van der Waals surface area contributed by atoms with Gasteiger partial charge in [0.25, 0.3) is 0 Å². The Bertz CT molecular complexity index is 312. The molecule has 4 heteroatoms. The van der Waals surface area contributed by atoms with Crippen LogP contribution < -0.4 is 11.6 Å². The van der Waals surface area contributed by atoms with E-state index in [9.17, 15) is 0 Å². The van der Waals surface area contributed by atoms with Gasteiger partial charge in [0.15, 0.2) is 0 Å². The summed E-state index contributed by atoms with van der Waals surface area (Å²) in [6, 6.07) is 1.57. The third kappa shape index (κ3) is 1.60. The monoisotopic (exact) mass is 224 g/mol. The minimum atomic E-state index is 0.223. The minimum absolute atomic E-state index is 0.223. The predicted molar refractivity (Wildman–Crippen MR) is 66.1 cm³/mol. The van der Waals surface area contributed by atoms with Crippen molar-refractivity contribution in [1.82, 2.24) is 9.91 Å². The van der Waals surface area contributed by atoms with Gasteiger partial charge < -0.3 is 10.7 Å². The van der Waals surface area contributed by atoms with Gasteiger partial charge in [-0.25, -0.2) is 5.84 Å². The number of likely N-dealkylation sites (tertiary alicyclic amines) is 1. The van der Waals surface area contributed by atoms with E-state index in [0.717, 1.165) is 5.70 Å². The number of rotatable bonds is 3. The van der Waals surface area contributed by atoms with Crippen LogP contribution in [-0.2, 0) is 0 Å². The van der Waals surface area contributed by atoms with E-state index in [-0.39, 0.29) is 5.41 Å². The van der Waals surface area contributed by atoms with Gasteiger partial charge in [-0.2, -0.15) is 0 Å². The van der Waals surface area contributed by atoms with Crippen LogP contribution in [0.25, 0.3) is 0 Å². The van der Waals surface area contributed by atoms with Crippen molar-refractivity contribution >= 4 is 0 Å². The standard InChI is InChI=1S/C12H24N4/c1-8(2)16(14)7-10(13)12-5-9(3)15(4)11(12)6-12/h7-9,11H,5-6,13-14H2,1-4H3/b10-7-/t9?,11-,12+/m1/s1. The SMILES string of the molecule is CC(C)N(N)/C=C(\N)[C@@]12CC(C)N(C)[C@@H]1C2. The van der Waals surface area contributed by atoms with E-state index in [2.05, 4.69) is 32.7 Å². The maximum Gasteiger partial charge on any atom is 0.0390 e. The molecule has 1 aliphatic carbocycles. The fourth-order valence-electron chi connectivity index (χ4n) is 2.88. The Kier molecular flexibility index (Phi) is 2.67. The highest BCUT2D eigenvalue weighted by atomic mass is 15.4. The molecule has 1 unspecified atom stereocenters. The van der Waals surface area contributed by atoms with E-state index in [4.69, 9.17) is 11.6 Å². The molecule has 1 saturated heterocycles. The summed E-state index contributed by atoms with van der Waals surface area (Å²) in [5.41, 5.74) is 7.42. The van der Waals surface area contributed by atoms with Crippen molar-refractivity contribution < 1.29 is 0 Å². The molecular formula is C12H24N4. The highest BCUT2D eigenvalue weighted by Crippen LogP contribution is 2.61. The summed E-state index contributed by atoms with van der Waals surface area (Å²) >= 11 is 0. The van der Waals surface area contributed by atoms with Crippen molar-refractivity contribution in [3.8, 4) is 0 Å². The third-order valence-electron chi connectivity index (χ3n) is 4.34. The van der Waals surface area contributed by atoms with Crippen molar-refractivity contribution in [1.29, 1.82) is 0 Å². The van der Waals surface area contributed by atoms with Gasteiger partial charge in [-0.05, 0) is 40.7 Å². The molecule has 4 nitrogen and oxygen atoms in total. The lowest BCUT2D eigenvalue weighted by atomic mass is 9.97. The van der Waals surface area contributed by atoms with Crippen LogP contribution in [0.1, 0.15) is 33.6 Å². The quantitative estimate of drug-likeness (QED) is 0.551. The largest absolute Gasteiger partial charge is 0.400 e. The van der Waals surface area contributed by atoms with Crippen LogP contribution in [0.5, 0.6) is 0 Å². The second kappa shape index (κ2) is 3.64. The number of hydrazine groups is 1. The summed E-state index contributed by atoms with van der Waals surface area (Å²) < 4.78 is 0. The lowest BCUT2D eigenvalue weighted by Crippen LogP contribution is -2.34. The number of nitrogens with two attached hydrogens (primary N) is 2. The van der Waals surface area contributed by atoms with E-state index in [1.165, 1.54) is 12.8 Å². The molecule has 0 bridgehead atoms. The van der Waals surface area contributed by atoms with Gasteiger partial charge in [-0.15, -0.1) is 0 Å². The molecule has 1 aliphatic heterocycles. The molecule has 0 radical (unpaired) electrons. The van der Waals surface area contributed by atoms with Crippen LogP contribution >= 0.6 is 0 Å². The molecular weight excluding hydrogens is 200 g/mol. The number of hydrogen-bond donors (Lipinski definition) is 2. The summed E-state index contributed by atoms with van der Waals surface area (Å²) in [5, 5.41) is 1.71. The molecule has 1 saturated carbocycles. The Morgan fingerprint density at radius 1 is 1.50 bits per heavy atom. The van der Waals surface area contributed by atoms with Gasteiger partial charge in [0.05, 0.1) is 0 Å². The first-order valence-electron chi connectivity index (χ1n) is 6.11. The molecule has 2 rings (SSSR count). The molecule has 0 aromatic heterocycles. The third-order valence-corrected chi connectivity index (χ3v) is 4.34. The van der Waals surface area contributed by atoms with Gasteiger partial charge in [0.2, 0.25) is 0 Å². The molecule has 4 N–H and O–H groups in total. The Morgan fingerprint density at radius 2 is 2.12 bits per heavy atom. The zero-order valence-electron chi connectivity index (χ0n) is 10.8. The van der Waals surface area contributed by atoms with E-state index in [1.807, 2.05) is 6.20 Å². The summed E-state index contributed by atoms with van der Waals surface area (Å²) in [6.45, 7) is 6.40. The molecule has 0 aromatic rings. The maximum absolute atomic E-state index is 6.23. The van der Waals surface area contributed by atoms with Gasteiger partial charge in [0.1, 0.15) is 0 Å². The van der Waals surface area contributed by atoms with Crippen molar-refractivity contribution in [3.05, 3.63) is 11.9 Å². The summed E-state index contributed by atoms with van der Waals surface area (Å²) in [7, 11) is 2.19. The smallest absolute Gasteiger partial charge is 0.0390 e. The van der Waals surface area contributed by atoms with Gasteiger partial charge >= 0.3 is 0 Å². The highest BCUT2D eigenvalue weighted by Gasteiger charge is 2.63. The fourth-order valence-corrected chi connectivity index (χ4v) is 2.88. The molecule has 2 aliphatic rings. The topological polar surface area (TPSA) is 58.5 Å². The first-order chi connectivity index (χ1) is 7.38. The lowest BCUT2D eigenvalue weighted by Gasteiger charge is -2.22. The maximum atomic E-state index is 6.23. The normalized spacial score (nSPS) is 39.0. The summed E-state index contributed by atoms with van der Waals surface area (Å²) in [5.74, 6) is 5.90. The number of nitrogens with zero attached hydrogens (tertiary/aromatic N) is 2. The van der Waals surface area contributed by atoms with E-state index in [0.29, 0.717) is 18.1 Å². The summed E-state index contributed by atoms with van der Waals surface area (Å²) in [6.07, 6.45) is 4.29. The number of piperidine rings is 1.